The third-order valence-electron chi connectivity index (χ3n) is 5.73. The maximum atomic E-state index is 13.4. The average Bonchev–Trinajstić information content (AvgIpc) is 3.39. The lowest BCUT2D eigenvalue weighted by Crippen LogP contribution is -2.32. The minimum atomic E-state index is -0.429. The molecule has 4 aromatic rings. The first-order valence-corrected chi connectivity index (χ1v) is 12.4. The number of carbonyl (C=O) groups is 2. The van der Waals surface area contributed by atoms with Crippen LogP contribution in [0.25, 0.3) is 0 Å². The van der Waals surface area contributed by atoms with Gasteiger partial charge in [-0.15, -0.1) is 0 Å². The largest absolute Gasteiger partial charge is 0.497 e. The van der Waals surface area contributed by atoms with Gasteiger partial charge in [-0.3, -0.25) is 9.59 Å². The van der Waals surface area contributed by atoms with Crippen molar-refractivity contribution in [3.63, 3.8) is 0 Å². The van der Waals surface area contributed by atoms with Crippen LogP contribution in [0.3, 0.4) is 0 Å². The van der Waals surface area contributed by atoms with E-state index in [1.807, 2.05) is 36.4 Å². The minimum Gasteiger partial charge on any atom is -0.497 e. The molecule has 1 N–H and O–H groups in total. The zero-order valence-electron chi connectivity index (χ0n) is 20.1. The summed E-state index contributed by atoms with van der Waals surface area (Å²) in [4.78, 5) is 27.6. The van der Waals surface area contributed by atoms with Crippen molar-refractivity contribution in [3.8, 4) is 5.75 Å². The van der Waals surface area contributed by atoms with Crippen molar-refractivity contribution in [2.75, 3.05) is 13.7 Å². The standard InChI is InChI=1S/C28H25BrFN3O4/c1-36-22-12-8-19(9-13-22)14-15-33(28(35)24-4-2-3-5-25(24)29)18-23-16-26(32-37-23)27(34)31-17-20-6-10-21(30)11-7-20/h2-13,16H,14-15,17-18H2,1H3,(H,31,34). The minimum absolute atomic E-state index is 0.0977. The molecule has 4 rings (SSSR count). The molecule has 7 nitrogen and oxygen atoms in total. The van der Waals surface area contributed by atoms with E-state index in [-0.39, 0.29) is 30.5 Å². The number of benzene rings is 3. The van der Waals surface area contributed by atoms with Crippen molar-refractivity contribution in [1.29, 1.82) is 0 Å². The molecule has 0 bridgehead atoms. The Morgan fingerprint density at radius 1 is 1.03 bits per heavy atom. The number of halogens is 2. The second-order valence-corrected chi connectivity index (χ2v) is 9.15. The van der Waals surface area contributed by atoms with E-state index in [4.69, 9.17) is 9.26 Å². The van der Waals surface area contributed by atoms with Gasteiger partial charge in [0.2, 0.25) is 0 Å². The molecular weight excluding hydrogens is 541 g/mol. The Bertz CT molecular complexity index is 1360. The Hall–Kier alpha value is -3.98. The number of aromatic nitrogens is 1. The third-order valence-corrected chi connectivity index (χ3v) is 6.42. The second kappa shape index (κ2) is 12.3. The molecule has 1 aromatic heterocycles. The highest BCUT2D eigenvalue weighted by Gasteiger charge is 2.21. The van der Waals surface area contributed by atoms with Crippen molar-refractivity contribution >= 4 is 27.7 Å². The van der Waals surface area contributed by atoms with Crippen molar-refractivity contribution in [2.24, 2.45) is 0 Å². The summed E-state index contributed by atoms with van der Waals surface area (Å²) in [5.74, 6) is 0.185. The lowest BCUT2D eigenvalue weighted by molar-refractivity contribution is 0.0728. The fourth-order valence-electron chi connectivity index (χ4n) is 3.67. The zero-order chi connectivity index (χ0) is 26.2. The molecule has 0 aliphatic heterocycles. The zero-order valence-corrected chi connectivity index (χ0v) is 21.7. The predicted octanol–water partition coefficient (Wildman–Crippen LogP) is 5.40. The number of carbonyl (C=O) groups excluding carboxylic acids is 2. The second-order valence-electron chi connectivity index (χ2n) is 8.29. The molecule has 0 radical (unpaired) electrons. The monoisotopic (exact) mass is 565 g/mol. The van der Waals surface area contributed by atoms with Gasteiger partial charge in [0.25, 0.3) is 11.8 Å². The van der Waals surface area contributed by atoms with Gasteiger partial charge >= 0.3 is 0 Å². The number of amides is 2. The van der Waals surface area contributed by atoms with Gasteiger partial charge in [-0.2, -0.15) is 0 Å². The molecule has 3 aromatic carbocycles. The van der Waals surface area contributed by atoms with E-state index in [1.165, 1.54) is 18.2 Å². The summed E-state index contributed by atoms with van der Waals surface area (Å²) in [6, 6.07) is 22.3. The van der Waals surface area contributed by atoms with Crippen LogP contribution in [0.1, 0.15) is 37.7 Å². The smallest absolute Gasteiger partial charge is 0.273 e. The maximum Gasteiger partial charge on any atom is 0.273 e. The van der Waals surface area contributed by atoms with Crippen LogP contribution in [0.5, 0.6) is 5.75 Å². The molecule has 0 saturated heterocycles. The lowest BCUT2D eigenvalue weighted by atomic mass is 10.1. The highest BCUT2D eigenvalue weighted by atomic mass is 79.9. The van der Waals surface area contributed by atoms with Gasteiger partial charge in [0, 0.05) is 23.6 Å². The number of methoxy groups -OCH3 is 1. The lowest BCUT2D eigenvalue weighted by Gasteiger charge is -2.22. The molecule has 0 aliphatic rings. The Morgan fingerprint density at radius 3 is 2.43 bits per heavy atom. The highest BCUT2D eigenvalue weighted by Crippen LogP contribution is 2.20. The first-order chi connectivity index (χ1) is 17.9. The first-order valence-electron chi connectivity index (χ1n) is 11.6. The molecule has 0 unspecified atom stereocenters. The van der Waals surface area contributed by atoms with E-state index in [0.29, 0.717) is 28.8 Å². The van der Waals surface area contributed by atoms with Gasteiger partial charge in [0.05, 0.1) is 19.2 Å². The molecule has 1 heterocycles. The topological polar surface area (TPSA) is 84.7 Å². The highest BCUT2D eigenvalue weighted by molar-refractivity contribution is 9.10. The summed E-state index contributed by atoms with van der Waals surface area (Å²) < 4.78 is 24.4. The van der Waals surface area contributed by atoms with Crippen LogP contribution >= 0.6 is 15.9 Å². The summed E-state index contributed by atoms with van der Waals surface area (Å²) >= 11 is 3.46. The van der Waals surface area contributed by atoms with E-state index in [1.54, 1.807) is 36.3 Å². The Balaban J connectivity index is 1.45. The van der Waals surface area contributed by atoms with Crippen molar-refractivity contribution in [1.82, 2.24) is 15.4 Å². The number of nitrogens with zero attached hydrogens (tertiary/aromatic N) is 2. The van der Waals surface area contributed by atoms with E-state index in [9.17, 15) is 14.0 Å². The number of hydrogen-bond acceptors (Lipinski definition) is 5. The van der Waals surface area contributed by atoms with Crippen LogP contribution in [-0.2, 0) is 19.5 Å². The van der Waals surface area contributed by atoms with E-state index < -0.39 is 5.91 Å². The van der Waals surface area contributed by atoms with Gasteiger partial charge in [-0.05, 0) is 69.9 Å². The molecule has 2 amide bonds. The number of hydrogen-bond donors (Lipinski definition) is 1. The normalized spacial score (nSPS) is 10.7. The quantitative estimate of drug-likeness (QED) is 0.278. The van der Waals surface area contributed by atoms with E-state index >= 15 is 0 Å². The van der Waals surface area contributed by atoms with Gasteiger partial charge in [-0.25, -0.2) is 4.39 Å². The van der Waals surface area contributed by atoms with Crippen molar-refractivity contribution in [2.45, 2.75) is 19.5 Å². The van der Waals surface area contributed by atoms with Crippen molar-refractivity contribution < 1.29 is 23.2 Å². The van der Waals surface area contributed by atoms with Gasteiger partial charge < -0.3 is 19.5 Å². The third kappa shape index (κ3) is 7.04. The molecule has 37 heavy (non-hydrogen) atoms. The SMILES string of the molecule is COc1ccc(CCN(Cc2cc(C(=O)NCc3ccc(F)cc3)no2)C(=O)c2ccccc2Br)cc1. The summed E-state index contributed by atoms with van der Waals surface area (Å²) in [5.41, 5.74) is 2.42. The summed E-state index contributed by atoms with van der Waals surface area (Å²) in [5, 5.41) is 6.61. The Kier molecular flexibility index (Phi) is 8.68. The maximum absolute atomic E-state index is 13.4. The molecule has 190 valence electrons. The van der Waals surface area contributed by atoms with E-state index in [0.717, 1.165) is 16.9 Å². The number of ether oxygens (including phenoxy) is 1. The van der Waals surface area contributed by atoms with Crippen LogP contribution in [0, 0.1) is 5.82 Å². The molecule has 0 saturated carbocycles. The van der Waals surface area contributed by atoms with Crippen LogP contribution in [-0.4, -0.2) is 35.5 Å². The average molecular weight is 566 g/mol. The summed E-state index contributed by atoms with van der Waals surface area (Å²) in [7, 11) is 1.61. The van der Waals surface area contributed by atoms with Crippen LogP contribution in [0.2, 0.25) is 0 Å². The molecule has 0 fully saturated rings. The summed E-state index contributed by atoms with van der Waals surface area (Å²) in [6.45, 7) is 0.768. The Labute approximate surface area is 222 Å². The van der Waals surface area contributed by atoms with Gasteiger partial charge in [-0.1, -0.05) is 41.6 Å². The van der Waals surface area contributed by atoms with Crippen LogP contribution in [0.15, 0.2) is 87.9 Å². The first kappa shape index (κ1) is 26.1. The van der Waals surface area contributed by atoms with Crippen LogP contribution < -0.4 is 10.1 Å². The van der Waals surface area contributed by atoms with Gasteiger partial charge in [0.1, 0.15) is 11.6 Å². The van der Waals surface area contributed by atoms with Crippen LogP contribution in [0.4, 0.5) is 4.39 Å². The molecule has 0 aliphatic carbocycles. The Morgan fingerprint density at radius 2 is 1.73 bits per heavy atom. The van der Waals surface area contributed by atoms with Gasteiger partial charge in [0.15, 0.2) is 11.5 Å². The molecule has 0 atom stereocenters. The number of rotatable bonds is 10. The molecule has 0 spiro atoms. The predicted molar refractivity (Wildman–Crippen MR) is 140 cm³/mol. The fourth-order valence-corrected chi connectivity index (χ4v) is 4.13. The molecular formula is C28H25BrFN3O4. The van der Waals surface area contributed by atoms with E-state index in [2.05, 4.69) is 26.4 Å². The molecule has 9 heteroatoms. The van der Waals surface area contributed by atoms with Crippen molar-refractivity contribution in [3.05, 3.63) is 117 Å². The fraction of sp³-hybridized carbons (Fsp3) is 0.179. The summed E-state index contributed by atoms with van der Waals surface area (Å²) in [6.07, 6.45) is 0.610. The number of nitrogens with one attached hydrogen (secondary N) is 1.